The number of aliphatic hydroxyl groups is 1. The van der Waals surface area contributed by atoms with E-state index in [0.717, 1.165) is 11.0 Å². The van der Waals surface area contributed by atoms with Crippen molar-refractivity contribution in [1.82, 2.24) is 9.55 Å². The van der Waals surface area contributed by atoms with Crippen molar-refractivity contribution in [3.8, 4) is 11.5 Å². The van der Waals surface area contributed by atoms with Crippen molar-refractivity contribution in [2.24, 2.45) is 0 Å². The number of rotatable bonds is 5. The number of hydrogen-bond acceptors (Lipinski definition) is 4. The predicted octanol–water partition coefficient (Wildman–Crippen LogP) is 3.69. The van der Waals surface area contributed by atoms with Crippen LogP contribution in [0, 0.1) is 0 Å². The van der Waals surface area contributed by atoms with Gasteiger partial charge in [-0.25, -0.2) is 4.98 Å². The summed E-state index contributed by atoms with van der Waals surface area (Å²) >= 11 is 0. The van der Waals surface area contributed by atoms with Crippen LogP contribution in [0.5, 0.6) is 11.5 Å². The van der Waals surface area contributed by atoms with Gasteiger partial charge in [0.25, 0.3) is 0 Å². The maximum Gasteiger partial charge on any atom is 0.393 e. The average Bonchev–Trinajstić information content (AvgIpc) is 2.96. The van der Waals surface area contributed by atoms with Crippen molar-refractivity contribution >= 4 is 11.0 Å². The van der Waals surface area contributed by atoms with Crippen LogP contribution in [0.25, 0.3) is 11.0 Å². The molecule has 1 N–H and O–H groups in total. The third-order valence-electron chi connectivity index (χ3n) is 4.36. The first-order chi connectivity index (χ1) is 12.8. The first kappa shape index (κ1) is 17.8. The Balaban J connectivity index is 1.52. The summed E-state index contributed by atoms with van der Waals surface area (Å²) in [5.74, 6) is 0.974. The third kappa shape index (κ3) is 4.06. The second-order valence-electron chi connectivity index (χ2n) is 6.78. The highest BCUT2D eigenvalue weighted by molar-refractivity contribution is 5.77. The van der Waals surface area contributed by atoms with E-state index in [9.17, 15) is 18.3 Å². The molecule has 5 nitrogen and oxygen atoms in total. The number of aromatic nitrogens is 2. The molecule has 27 heavy (non-hydrogen) atoms. The van der Waals surface area contributed by atoms with E-state index in [1.54, 1.807) is 24.5 Å². The van der Waals surface area contributed by atoms with Gasteiger partial charge in [0.2, 0.25) is 0 Å². The Kier molecular flexibility index (Phi) is 4.32. The van der Waals surface area contributed by atoms with Crippen LogP contribution in [0.3, 0.4) is 0 Å². The van der Waals surface area contributed by atoms with Gasteiger partial charge in [-0.2, -0.15) is 13.2 Å². The number of fused-ring (bicyclic) bond motifs is 1. The summed E-state index contributed by atoms with van der Waals surface area (Å²) in [6, 6.07) is 11.1. The van der Waals surface area contributed by atoms with E-state index in [1.807, 2.05) is 4.57 Å². The first-order valence-electron chi connectivity index (χ1n) is 8.38. The minimum atomic E-state index is -4.23. The number of hydrogen-bond donors (Lipinski definition) is 1. The quantitative estimate of drug-likeness (QED) is 0.736. The van der Waals surface area contributed by atoms with Gasteiger partial charge in [-0.1, -0.05) is 12.1 Å². The number of imidazole rings is 1. The molecule has 0 spiro atoms. The number of alkyl halides is 3. The van der Waals surface area contributed by atoms with E-state index in [1.165, 1.54) is 24.3 Å². The number of nitrogens with zero attached hydrogens (tertiary/aromatic N) is 2. The SMILES string of the molecule is OC1(Cn2cnc3ccc(Oc4ccc(CC(F)(F)F)cc4)cc32)COC1. The molecule has 1 fully saturated rings. The van der Waals surface area contributed by atoms with Gasteiger partial charge in [-0.15, -0.1) is 0 Å². The van der Waals surface area contributed by atoms with E-state index in [4.69, 9.17) is 9.47 Å². The monoisotopic (exact) mass is 378 g/mol. The highest BCUT2D eigenvalue weighted by Crippen LogP contribution is 2.28. The van der Waals surface area contributed by atoms with Crippen LogP contribution in [-0.2, 0) is 17.7 Å². The summed E-state index contributed by atoms with van der Waals surface area (Å²) in [7, 11) is 0. The number of ether oxygens (including phenoxy) is 2. The molecule has 1 aliphatic heterocycles. The van der Waals surface area contributed by atoms with Gasteiger partial charge in [-0.05, 0) is 29.8 Å². The fraction of sp³-hybridized carbons (Fsp3) is 0.316. The molecule has 142 valence electrons. The zero-order chi connectivity index (χ0) is 19.1. The normalized spacial score (nSPS) is 16.3. The smallest absolute Gasteiger partial charge is 0.393 e. The summed E-state index contributed by atoms with van der Waals surface area (Å²) in [4.78, 5) is 4.30. The van der Waals surface area contributed by atoms with Crippen LogP contribution in [0.1, 0.15) is 5.56 Å². The highest BCUT2D eigenvalue weighted by Gasteiger charge is 2.36. The van der Waals surface area contributed by atoms with E-state index in [2.05, 4.69) is 4.98 Å². The van der Waals surface area contributed by atoms with Gasteiger partial charge in [0, 0.05) is 6.07 Å². The van der Waals surface area contributed by atoms with Gasteiger partial charge in [0.05, 0.1) is 43.5 Å². The minimum Gasteiger partial charge on any atom is -0.457 e. The summed E-state index contributed by atoms with van der Waals surface area (Å²) in [5.41, 5.74) is 0.839. The van der Waals surface area contributed by atoms with Gasteiger partial charge >= 0.3 is 6.18 Å². The molecule has 0 radical (unpaired) electrons. The lowest BCUT2D eigenvalue weighted by molar-refractivity contribution is -0.184. The summed E-state index contributed by atoms with van der Waals surface area (Å²) < 4.78 is 49.9. The summed E-state index contributed by atoms with van der Waals surface area (Å²) in [6.45, 7) is 0.930. The standard InChI is InChI=1S/C19H17F3N2O3/c20-19(21,22)8-13-1-3-14(4-2-13)27-15-5-6-16-17(7-15)24(12-23-16)9-18(25)10-26-11-18/h1-7,12,25H,8-11H2. The van der Waals surface area contributed by atoms with Gasteiger partial charge in [-0.3, -0.25) is 0 Å². The van der Waals surface area contributed by atoms with Crippen LogP contribution in [0.4, 0.5) is 13.2 Å². The van der Waals surface area contributed by atoms with E-state index in [-0.39, 0.29) is 18.8 Å². The Morgan fingerprint density at radius 3 is 2.44 bits per heavy atom. The van der Waals surface area contributed by atoms with Crippen molar-refractivity contribution in [1.29, 1.82) is 0 Å². The van der Waals surface area contributed by atoms with E-state index < -0.39 is 18.2 Å². The van der Waals surface area contributed by atoms with Crippen LogP contribution < -0.4 is 4.74 Å². The second-order valence-corrected chi connectivity index (χ2v) is 6.78. The van der Waals surface area contributed by atoms with Crippen molar-refractivity contribution in [2.75, 3.05) is 13.2 Å². The molecule has 1 saturated heterocycles. The molecule has 0 bridgehead atoms. The molecule has 8 heteroatoms. The predicted molar refractivity (Wildman–Crippen MR) is 91.8 cm³/mol. The van der Waals surface area contributed by atoms with Crippen molar-refractivity contribution in [3.05, 3.63) is 54.4 Å². The lowest BCUT2D eigenvalue weighted by Gasteiger charge is -2.36. The van der Waals surface area contributed by atoms with Gasteiger partial charge in [0.15, 0.2) is 0 Å². The Morgan fingerprint density at radius 1 is 1.11 bits per heavy atom. The molecule has 3 aromatic rings. The second kappa shape index (κ2) is 6.54. The minimum absolute atomic E-state index is 0.180. The average molecular weight is 378 g/mol. The Hall–Kier alpha value is -2.58. The molecule has 1 aromatic heterocycles. The van der Waals surface area contributed by atoms with E-state index >= 15 is 0 Å². The zero-order valence-electron chi connectivity index (χ0n) is 14.2. The molecule has 0 saturated carbocycles. The lowest BCUT2D eigenvalue weighted by Crippen LogP contribution is -2.52. The Labute approximate surface area is 153 Å². The first-order valence-corrected chi connectivity index (χ1v) is 8.38. The molecule has 0 atom stereocenters. The zero-order valence-corrected chi connectivity index (χ0v) is 14.2. The molecule has 2 aromatic carbocycles. The topological polar surface area (TPSA) is 56.5 Å². The lowest BCUT2D eigenvalue weighted by atomic mass is 10.0. The third-order valence-corrected chi connectivity index (χ3v) is 4.36. The maximum absolute atomic E-state index is 12.4. The number of halogens is 3. The molecular formula is C19H17F3N2O3. The fourth-order valence-electron chi connectivity index (χ4n) is 3.01. The molecule has 0 aliphatic carbocycles. The highest BCUT2D eigenvalue weighted by atomic mass is 19.4. The summed E-state index contributed by atoms with van der Waals surface area (Å²) in [5, 5.41) is 10.3. The van der Waals surface area contributed by atoms with Crippen LogP contribution in [0.2, 0.25) is 0 Å². The van der Waals surface area contributed by atoms with Crippen LogP contribution in [0.15, 0.2) is 48.8 Å². The largest absolute Gasteiger partial charge is 0.457 e. The van der Waals surface area contributed by atoms with Crippen LogP contribution >= 0.6 is 0 Å². The molecule has 1 aliphatic rings. The molecule has 0 unspecified atom stereocenters. The fourth-order valence-corrected chi connectivity index (χ4v) is 3.01. The van der Waals surface area contributed by atoms with Crippen molar-refractivity contribution in [2.45, 2.75) is 24.7 Å². The van der Waals surface area contributed by atoms with Crippen molar-refractivity contribution in [3.63, 3.8) is 0 Å². The maximum atomic E-state index is 12.4. The molecule has 2 heterocycles. The van der Waals surface area contributed by atoms with E-state index in [0.29, 0.717) is 18.0 Å². The van der Waals surface area contributed by atoms with Gasteiger partial charge in [0.1, 0.15) is 17.1 Å². The van der Waals surface area contributed by atoms with Crippen molar-refractivity contribution < 1.29 is 27.8 Å². The van der Waals surface area contributed by atoms with Gasteiger partial charge < -0.3 is 19.1 Å². The number of benzene rings is 2. The summed E-state index contributed by atoms with van der Waals surface area (Å²) in [6.07, 6.45) is -3.55. The Morgan fingerprint density at radius 2 is 1.81 bits per heavy atom. The Bertz CT molecular complexity index is 947. The molecular weight excluding hydrogens is 361 g/mol. The molecule has 4 rings (SSSR count). The molecule has 0 amide bonds. The van der Waals surface area contributed by atoms with Crippen LogP contribution in [-0.4, -0.2) is 39.6 Å².